The van der Waals surface area contributed by atoms with Crippen LogP contribution in [0.5, 0.6) is 0 Å². The molecule has 122 valence electrons. The molecule has 25 heavy (non-hydrogen) atoms. The fraction of sp³-hybridized carbons (Fsp3) is 0.0500. The highest BCUT2D eigenvalue weighted by molar-refractivity contribution is 5.92. The molecule has 5 heteroatoms. The number of fused-ring (bicyclic) bond motifs is 1. The number of hydrogen-bond donors (Lipinski definition) is 2. The summed E-state index contributed by atoms with van der Waals surface area (Å²) in [6.45, 7) is 0. The molecule has 0 fully saturated rings. The molecule has 4 aromatic rings. The minimum Gasteiger partial charge on any atom is -0.355 e. The number of aromatic amines is 1. The van der Waals surface area contributed by atoms with Gasteiger partial charge in [-0.25, -0.2) is 0 Å². The SMILES string of the molecule is O=C(N[C@H](c1ccccc1)c1cc2ccncc2[nH]1)c1ccccn1. The maximum Gasteiger partial charge on any atom is 0.270 e. The molecule has 1 amide bonds. The van der Waals surface area contributed by atoms with E-state index in [1.807, 2.05) is 42.5 Å². The Balaban J connectivity index is 1.73. The van der Waals surface area contributed by atoms with Crippen molar-refractivity contribution in [3.05, 3.63) is 96.2 Å². The van der Waals surface area contributed by atoms with Gasteiger partial charge in [-0.15, -0.1) is 0 Å². The Kier molecular flexibility index (Phi) is 3.96. The fourth-order valence-corrected chi connectivity index (χ4v) is 2.84. The topological polar surface area (TPSA) is 70.7 Å². The van der Waals surface area contributed by atoms with Gasteiger partial charge in [-0.2, -0.15) is 0 Å². The lowest BCUT2D eigenvalue weighted by molar-refractivity contribution is 0.0937. The van der Waals surface area contributed by atoms with E-state index in [0.717, 1.165) is 22.2 Å². The lowest BCUT2D eigenvalue weighted by Gasteiger charge is -2.18. The van der Waals surface area contributed by atoms with Gasteiger partial charge in [0.05, 0.1) is 17.8 Å². The molecule has 1 aromatic carbocycles. The van der Waals surface area contributed by atoms with Gasteiger partial charge < -0.3 is 10.3 Å². The maximum atomic E-state index is 12.6. The van der Waals surface area contributed by atoms with Gasteiger partial charge in [0.2, 0.25) is 0 Å². The second-order valence-corrected chi connectivity index (χ2v) is 5.72. The van der Waals surface area contributed by atoms with Crippen LogP contribution in [0, 0.1) is 0 Å². The molecular weight excluding hydrogens is 312 g/mol. The van der Waals surface area contributed by atoms with Crippen LogP contribution in [0.4, 0.5) is 0 Å². The number of amides is 1. The van der Waals surface area contributed by atoms with Gasteiger partial charge in [0, 0.05) is 23.5 Å². The van der Waals surface area contributed by atoms with Crippen molar-refractivity contribution in [3.8, 4) is 0 Å². The molecule has 0 spiro atoms. The average Bonchev–Trinajstić information content (AvgIpc) is 3.11. The van der Waals surface area contributed by atoms with E-state index in [1.165, 1.54) is 0 Å². The van der Waals surface area contributed by atoms with E-state index < -0.39 is 0 Å². The van der Waals surface area contributed by atoms with Crippen LogP contribution in [0.3, 0.4) is 0 Å². The third-order valence-electron chi connectivity index (χ3n) is 4.06. The molecule has 4 rings (SSSR count). The van der Waals surface area contributed by atoms with Crippen LogP contribution < -0.4 is 5.32 Å². The number of aromatic nitrogens is 3. The first kappa shape index (κ1) is 15.1. The minimum atomic E-state index is -0.303. The standard InChI is InChI=1S/C20H16N4O/c25-20(16-8-4-5-10-22-16)24-19(14-6-2-1-3-7-14)17-12-15-9-11-21-13-18(15)23-17/h1-13,19,23H,(H,24,25)/t19-/m1/s1. The number of pyridine rings is 2. The predicted octanol–water partition coefficient (Wildman–Crippen LogP) is 3.48. The Morgan fingerprint density at radius 3 is 2.60 bits per heavy atom. The van der Waals surface area contributed by atoms with Crippen molar-refractivity contribution in [2.45, 2.75) is 6.04 Å². The monoisotopic (exact) mass is 328 g/mol. The maximum absolute atomic E-state index is 12.6. The van der Waals surface area contributed by atoms with Gasteiger partial charge in [-0.3, -0.25) is 14.8 Å². The van der Waals surface area contributed by atoms with E-state index in [4.69, 9.17) is 0 Å². The molecule has 3 aromatic heterocycles. The fourth-order valence-electron chi connectivity index (χ4n) is 2.84. The van der Waals surface area contributed by atoms with Gasteiger partial charge >= 0.3 is 0 Å². The second-order valence-electron chi connectivity index (χ2n) is 5.72. The number of H-pyrrole nitrogens is 1. The molecule has 0 bridgehead atoms. The third-order valence-corrected chi connectivity index (χ3v) is 4.06. The lowest BCUT2D eigenvalue weighted by atomic mass is 10.0. The summed E-state index contributed by atoms with van der Waals surface area (Å²) in [7, 11) is 0. The second kappa shape index (κ2) is 6.57. The van der Waals surface area contributed by atoms with E-state index in [2.05, 4.69) is 20.3 Å². The molecule has 1 atom stereocenters. The van der Waals surface area contributed by atoms with Crippen LogP contribution in [-0.2, 0) is 0 Å². The zero-order chi connectivity index (χ0) is 17.1. The Hall–Kier alpha value is -3.47. The van der Waals surface area contributed by atoms with Crippen molar-refractivity contribution in [3.63, 3.8) is 0 Å². The largest absolute Gasteiger partial charge is 0.355 e. The van der Waals surface area contributed by atoms with Crippen LogP contribution >= 0.6 is 0 Å². The molecule has 0 unspecified atom stereocenters. The van der Waals surface area contributed by atoms with E-state index in [-0.39, 0.29) is 11.9 Å². The molecule has 0 saturated heterocycles. The summed E-state index contributed by atoms with van der Waals surface area (Å²) in [6.07, 6.45) is 5.15. The molecule has 0 saturated carbocycles. The highest BCUT2D eigenvalue weighted by Gasteiger charge is 2.20. The third kappa shape index (κ3) is 3.12. The van der Waals surface area contributed by atoms with Gasteiger partial charge in [0.1, 0.15) is 5.69 Å². The summed E-state index contributed by atoms with van der Waals surface area (Å²) >= 11 is 0. The number of rotatable bonds is 4. The highest BCUT2D eigenvalue weighted by Crippen LogP contribution is 2.25. The molecule has 0 radical (unpaired) electrons. The summed E-state index contributed by atoms with van der Waals surface area (Å²) in [4.78, 5) is 24.2. The number of nitrogens with one attached hydrogen (secondary N) is 2. The van der Waals surface area contributed by atoms with Gasteiger partial charge in [0.25, 0.3) is 5.91 Å². The molecule has 0 aliphatic heterocycles. The van der Waals surface area contributed by atoms with Crippen LogP contribution in [0.15, 0.2) is 79.3 Å². The molecule has 5 nitrogen and oxygen atoms in total. The van der Waals surface area contributed by atoms with E-state index in [0.29, 0.717) is 5.69 Å². The van der Waals surface area contributed by atoms with Crippen molar-refractivity contribution in [2.24, 2.45) is 0 Å². The Labute approximate surface area is 144 Å². The van der Waals surface area contributed by atoms with E-state index >= 15 is 0 Å². The van der Waals surface area contributed by atoms with E-state index in [1.54, 1.807) is 36.8 Å². The Morgan fingerprint density at radius 2 is 1.84 bits per heavy atom. The summed E-state index contributed by atoms with van der Waals surface area (Å²) in [6, 6.07) is 18.8. The molecular formula is C20H16N4O. The van der Waals surface area contributed by atoms with Crippen LogP contribution in [0.1, 0.15) is 27.8 Å². The van der Waals surface area contributed by atoms with Crippen molar-refractivity contribution in [2.75, 3.05) is 0 Å². The summed E-state index contributed by atoms with van der Waals surface area (Å²) < 4.78 is 0. The first-order valence-electron chi connectivity index (χ1n) is 8.01. The molecule has 0 aliphatic carbocycles. The average molecular weight is 328 g/mol. The number of benzene rings is 1. The van der Waals surface area contributed by atoms with Crippen LogP contribution in [-0.4, -0.2) is 20.9 Å². The van der Waals surface area contributed by atoms with Crippen molar-refractivity contribution in [1.82, 2.24) is 20.3 Å². The number of nitrogens with zero attached hydrogens (tertiary/aromatic N) is 2. The first-order chi connectivity index (χ1) is 12.3. The highest BCUT2D eigenvalue weighted by atomic mass is 16.1. The molecule has 0 aliphatic rings. The van der Waals surface area contributed by atoms with Gasteiger partial charge in [0.15, 0.2) is 0 Å². The minimum absolute atomic E-state index is 0.216. The summed E-state index contributed by atoms with van der Waals surface area (Å²) in [5.41, 5.74) is 3.22. The number of hydrogen-bond acceptors (Lipinski definition) is 3. The lowest BCUT2D eigenvalue weighted by Crippen LogP contribution is -2.30. The smallest absolute Gasteiger partial charge is 0.270 e. The first-order valence-corrected chi connectivity index (χ1v) is 8.01. The predicted molar refractivity (Wildman–Crippen MR) is 96.1 cm³/mol. The summed E-state index contributed by atoms with van der Waals surface area (Å²) in [5.74, 6) is -0.216. The van der Waals surface area contributed by atoms with Crippen molar-refractivity contribution >= 4 is 16.8 Å². The molecule has 3 heterocycles. The van der Waals surface area contributed by atoms with Gasteiger partial charge in [-0.05, 0) is 29.8 Å². The Bertz CT molecular complexity index is 963. The Morgan fingerprint density at radius 1 is 1.00 bits per heavy atom. The zero-order valence-corrected chi connectivity index (χ0v) is 13.4. The number of carbonyl (C=O) groups excluding carboxylic acids is 1. The van der Waals surface area contributed by atoms with Crippen molar-refractivity contribution in [1.29, 1.82) is 0 Å². The van der Waals surface area contributed by atoms with Crippen molar-refractivity contribution < 1.29 is 4.79 Å². The molecule has 2 N–H and O–H groups in total. The quantitative estimate of drug-likeness (QED) is 0.602. The van der Waals surface area contributed by atoms with E-state index in [9.17, 15) is 4.79 Å². The van der Waals surface area contributed by atoms with Crippen LogP contribution in [0.2, 0.25) is 0 Å². The zero-order valence-electron chi connectivity index (χ0n) is 13.4. The van der Waals surface area contributed by atoms with Gasteiger partial charge in [-0.1, -0.05) is 36.4 Å². The van der Waals surface area contributed by atoms with Crippen LogP contribution in [0.25, 0.3) is 10.9 Å². The number of carbonyl (C=O) groups is 1. The normalized spacial score (nSPS) is 12.0. The summed E-state index contributed by atoms with van der Waals surface area (Å²) in [5, 5.41) is 4.13.